The first kappa shape index (κ1) is 23.1. The van der Waals surface area contributed by atoms with Crippen molar-refractivity contribution in [1.29, 1.82) is 0 Å². The number of rotatable bonds is 3. The lowest BCUT2D eigenvalue weighted by Crippen LogP contribution is -2.55. The predicted molar refractivity (Wildman–Crippen MR) is 132 cm³/mol. The van der Waals surface area contributed by atoms with Crippen molar-refractivity contribution < 1.29 is 14.6 Å². The number of nitrogens with zero attached hydrogens (tertiary/aromatic N) is 3. The second kappa shape index (κ2) is 8.54. The molecule has 1 N–H and O–H groups in total. The predicted octanol–water partition coefficient (Wildman–Crippen LogP) is 3.33. The van der Waals surface area contributed by atoms with Gasteiger partial charge in [-0.05, 0) is 81.0 Å². The molecular weight excluding hydrogens is 436 g/mol. The smallest absolute Gasteiger partial charge is 0.317 e. The van der Waals surface area contributed by atoms with Gasteiger partial charge in [-0.3, -0.25) is 0 Å². The Labute approximate surface area is 200 Å². The third kappa shape index (κ3) is 4.19. The first-order chi connectivity index (χ1) is 15.7. The SMILES string of the molecule is CN(C)C(=O)N[C@@H]1CCC2(CCN(C3CC4CCC(C3)N4S(C)(=O)=O)CC2)c2ccccc21.[HH]. The molecule has 1 aliphatic carbocycles. The number of sulfonamides is 1. The van der Waals surface area contributed by atoms with Crippen molar-refractivity contribution in [3.05, 3.63) is 35.4 Å². The maximum Gasteiger partial charge on any atom is 0.317 e. The van der Waals surface area contributed by atoms with Crippen LogP contribution in [0.3, 0.4) is 0 Å². The fraction of sp³-hybridized carbons (Fsp3) is 0.720. The van der Waals surface area contributed by atoms with E-state index in [9.17, 15) is 13.2 Å². The van der Waals surface area contributed by atoms with Crippen LogP contribution in [-0.2, 0) is 15.4 Å². The van der Waals surface area contributed by atoms with Gasteiger partial charge in [-0.25, -0.2) is 13.2 Å². The van der Waals surface area contributed by atoms with Crippen LogP contribution < -0.4 is 5.32 Å². The normalized spacial score (nSPS) is 31.8. The van der Waals surface area contributed by atoms with E-state index in [-0.39, 0.29) is 31.0 Å². The summed E-state index contributed by atoms with van der Waals surface area (Å²) in [6.07, 6.45) is 9.72. The Morgan fingerprint density at radius 1 is 1.03 bits per heavy atom. The number of nitrogens with one attached hydrogen (secondary N) is 1. The number of hydrogen-bond donors (Lipinski definition) is 1. The summed E-state index contributed by atoms with van der Waals surface area (Å²) in [7, 11) is 0.462. The number of likely N-dealkylation sites (tertiary alicyclic amines) is 1. The molecule has 0 radical (unpaired) electrons. The highest BCUT2D eigenvalue weighted by Crippen LogP contribution is 2.49. The van der Waals surface area contributed by atoms with Gasteiger partial charge in [0.15, 0.2) is 0 Å². The quantitative estimate of drug-likeness (QED) is 0.726. The summed E-state index contributed by atoms with van der Waals surface area (Å²) in [5, 5.41) is 3.21. The van der Waals surface area contributed by atoms with Gasteiger partial charge in [0, 0.05) is 33.6 Å². The van der Waals surface area contributed by atoms with Crippen molar-refractivity contribution in [3.8, 4) is 0 Å². The van der Waals surface area contributed by atoms with Crippen molar-refractivity contribution in [3.63, 3.8) is 0 Å². The summed E-state index contributed by atoms with van der Waals surface area (Å²) < 4.78 is 26.3. The Morgan fingerprint density at radius 3 is 2.27 bits per heavy atom. The minimum Gasteiger partial charge on any atom is -0.331 e. The van der Waals surface area contributed by atoms with E-state index in [1.807, 2.05) is 4.31 Å². The standard InChI is InChI=1S/C25H38N4O3S.H2/c1-27(2)24(30)26-23-10-11-25(22-7-5-4-6-21(22)23)12-14-28(15-13-25)20-16-18-8-9-19(17-20)29(18)33(3,31)32;/h4-7,18-20,23H,8-17H2,1-3H3,(H,26,30);1H/t18?,19?,20?,23-;/m1./s1. The van der Waals surface area contributed by atoms with Crippen LogP contribution in [0.4, 0.5) is 4.79 Å². The van der Waals surface area contributed by atoms with Gasteiger partial charge >= 0.3 is 6.03 Å². The zero-order valence-corrected chi connectivity index (χ0v) is 21.0. The topological polar surface area (TPSA) is 73.0 Å². The second-order valence-corrected chi connectivity index (χ2v) is 12.8. The molecule has 4 aliphatic rings. The van der Waals surface area contributed by atoms with Gasteiger partial charge < -0.3 is 15.1 Å². The molecule has 184 valence electrons. The maximum absolute atomic E-state index is 12.3. The summed E-state index contributed by atoms with van der Waals surface area (Å²) >= 11 is 0. The molecule has 3 saturated heterocycles. The van der Waals surface area contributed by atoms with E-state index in [2.05, 4.69) is 34.5 Å². The van der Waals surface area contributed by atoms with Crippen LogP contribution in [0.25, 0.3) is 0 Å². The number of amides is 2. The van der Waals surface area contributed by atoms with Gasteiger partial charge in [-0.1, -0.05) is 24.3 Å². The van der Waals surface area contributed by atoms with E-state index in [0.717, 1.165) is 64.5 Å². The van der Waals surface area contributed by atoms with Crippen LogP contribution in [0.1, 0.15) is 70.0 Å². The largest absolute Gasteiger partial charge is 0.331 e. The first-order valence-corrected chi connectivity index (χ1v) is 14.3. The fourth-order valence-electron chi connectivity index (χ4n) is 7.20. The minimum absolute atomic E-state index is 0. The monoisotopic (exact) mass is 476 g/mol. The van der Waals surface area contributed by atoms with Crippen LogP contribution in [0, 0.1) is 0 Å². The fourth-order valence-corrected chi connectivity index (χ4v) is 8.67. The number of carbonyl (C=O) groups is 1. The number of fused-ring (bicyclic) bond motifs is 4. The molecule has 2 unspecified atom stereocenters. The van der Waals surface area contributed by atoms with E-state index >= 15 is 0 Å². The Morgan fingerprint density at radius 2 is 1.67 bits per heavy atom. The molecule has 1 spiro atoms. The van der Waals surface area contributed by atoms with Gasteiger partial charge in [-0.2, -0.15) is 4.31 Å². The Bertz CT molecular complexity index is 995. The average Bonchev–Trinajstić information content (AvgIpc) is 3.07. The molecule has 5 rings (SSSR count). The van der Waals surface area contributed by atoms with Crippen LogP contribution in [0.5, 0.6) is 0 Å². The van der Waals surface area contributed by atoms with E-state index < -0.39 is 10.0 Å². The zero-order chi connectivity index (χ0) is 23.4. The van der Waals surface area contributed by atoms with Crippen LogP contribution in [-0.4, -0.2) is 80.1 Å². The molecule has 0 aromatic heterocycles. The zero-order valence-electron chi connectivity index (χ0n) is 20.2. The third-order valence-electron chi connectivity index (χ3n) is 8.82. The molecule has 0 saturated carbocycles. The molecule has 2 amide bonds. The highest BCUT2D eigenvalue weighted by molar-refractivity contribution is 7.88. The molecule has 3 atom stereocenters. The van der Waals surface area contributed by atoms with Gasteiger partial charge in [0.2, 0.25) is 10.0 Å². The van der Waals surface area contributed by atoms with Crippen molar-refractivity contribution >= 4 is 16.1 Å². The molecule has 3 fully saturated rings. The van der Waals surface area contributed by atoms with E-state index in [1.54, 1.807) is 19.0 Å². The second-order valence-electron chi connectivity index (χ2n) is 10.9. The molecule has 8 heteroatoms. The molecule has 7 nitrogen and oxygen atoms in total. The van der Waals surface area contributed by atoms with Crippen molar-refractivity contribution in [2.75, 3.05) is 33.4 Å². The average molecular weight is 477 g/mol. The van der Waals surface area contributed by atoms with Crippen molar-refractivity contribution in [1.82, 2.24) is 19.4 Å². The molecular formula is C25H40N4O3S. The van der Waals surface area contributed by atoms with Crippen LogP contribution >= 0.6 is 0 Å². The van der Waals surface area contributed by atoms with Gasteiger partial charge in [0.05, 0.1) is 12.3 Å². The molecule has 3 heterocycles. The molecule has 1 aromatic rings. The van der Waals surface area contributed by atoms with Crippen molar-refractivity contribution in [2.45, 2.75) is 80.9 Å². The summed E-state index contributed by atoms with van der Waals surface area (Å²) in [6, 6.07) is 9.64. The van der Waals surface area contributed by atoms with Crippen molar-refractivity contribution in [2.24, 2.45) is 0 Å². The van der Waals surface area contributed by atoms with Gasteiger partial charge in [-0.15, -0.1) is 0 Å². The highest BCUT2D eigenvalue weighted by atomic mass is 32.2. The number of carbonyl (C=O) groups excluding carboxylic acids is 1. The maximum atomic E-state index is 12.3. The van der Waals surface area contributed by atoms with E-state index in [1.165, 1.54) is 17.4 Å². The number of benzene rings is 1. The van der Waals surface area contributed by atoms with Gasteiger partial charge in [0.1, 0.15) is 0 Å². The Kier molecular flexibility index (Phi) is 5.98. The summed E-state index contributed by atoms with van der Waals surface area (Å²) in [4.78, 5) is 16.6. The number of piperidine rings is 2. The highest BCUT2D eigenvalue weighted by Gasteiger charge is 2.48. The third-order valence-corrected chi connectivity index (χ3v) is 10.2. The Hall–Kier alpha value is -1.64. The van der Waals surface area contributed by atoms with Crippen LogP contribution in [0.2, 0.25) is 0 Å². The lowest BCUT2D eigenvalue weighted by atomic mass is 9.63. The summed E-state index contributed by atoms with van der Waals surface area (Å²) in [5.41, 5.74) is 2.90. The molecule has 1 aromatic carbocycles. The Balaban J connectivity index is 0.00000274. The lowest BCUT2D eigenvalue weighted by Gasteiger charge is -2.50. The summed E-state index contributed by atoms with van der Waals surface area (Å²) in [5.74, 6) is 0. The first-order valence-electron chi connectivity index (χ1n) is 12.5. The van der Waals surface area contributed by atoms with Gasteiger partial charge in [0.25, 0.3) is 0 Å². The van der Waals surface area contributed by atoms with E-state index in [0.29, 0.717) is 6.04 Å². The lowest BCUT2D eigenvalue weighted by molar-refractivity contribution is 0.0580. The molecule has 3 aliphatic heterocycles. The number of urea groups is 1. The molecule has 33 heavy (non-hydrogen) atoms. The number of hydrogen-bond acceptors (Lipinski definition) is 4. The molecule has 2 bridgehead atoms. The summed E-state index contributed by atoms with van der Waals surface area (Å²) in [6.45, 7) is 2.15. The minimum atomic E-state index is -3.11. The van der Waals surface area contributed by atoms with E-state index in [4.69, 9.17) is 0 Å². The van der Waals surface area contributed by atoms with Crippen LogP contribution in [0.15, 0.2) is 24.3 Å².